The van der Waals surface area contributed by atoms with Crippen LogP contribution in [-0.2, 0) is 13.6 Å². The fraction of sp³-hybridized carbons (Fsp3) is 0.174. The first kappa shape index (κ1) is 19.0. The second-order valence-electron chi connectivity index (χ2n) is 7.58. The van der Waals surface area contributed by atoms with Gasteiger partial charge in [-0.1, -0.05) is 18.2 Å². The van der Waals surface area contributed by atoms with Gasteiger partial charge >= 0.3 is 5.76 Å². The predicted molar refractivity (Wildman–Crippen MR) is 115 cm³/mol. The summed E-state index contributed by atoms with van der Waals surface area (Å²) in [7, 11) is 1.85. The number of oxazole rings is 1. The Kier molecular flexibility index (Phi) is 4.35. The van der Waals surface area contributed by atoms with Crippen LogP contribution in [0.25, 0.3) is 33.5 Å². The molecule has 5 rings (SSSR count). The van der Waals surface area contributed by atoms with Gasteiger partial charge < -0.3 is 4.42 Å². The third kappa shape index (κ3) is 3.16. The summed E-state index contributed by atoms with van der Waals surface area (Å²) in [5.74, 6) is -1.17. The van der Waals surface area contributed by atoms with E-state index >= 15 is 0 Å². The number of nitrogens with one attached hydrogen (secondary N) is 1. The minimum atomic E-state index is -0.597. The zero-order valence-corrected chi connectivity index (χ0v) is 17.3. The Labute approximate surface area is 176 Å². The molecule has 0 radical (unpaired) electrons. The van der Waals surface area contributed by atoms with Gasteiger partial charge in [0.2, 0.25) is 0 Å². The van der Waals surface area contributed by atoms with Gasteiger partial charge in [0.1, 0.15) is 0 Å². The van der Waals surface area contributed by atoms with E-state index in [0.717, 1.165) is 33.8 Å². The average molecular weight is 417 g/mol. The molecular weight excluding hydrogens is 397 g/mol. The highest BCUT2D eigenvalue weighted by Crippen LogP contribution is 2.30. The van der Waals surface area contributed by atoms with Gasteiger partial charge in [-0.2, -0.15) is 10.2 Å². The Morgan fingerprint density at radius 3 is 2.61 bits per heavy atom. The summed E-state index contributed by atoms with van der Waals surface area (Å²) in [4.78, 5) is 12.6. The van der Waals surface area contributed by atoms with Crippen LogP contribution in [0.15, 0.2) is 57.9 Å². The van der Waals surface area contributed by atoms with Crippen LogP contribution >= 0.6 is 0 Å². The number of hydrogen-bond donors (Lipinski definition) is 1. The molecule has 0 atom stereocenters. The first-order valence-corrected chi connectivity index (χ1v) is 9.84. The summed E-state index contributed by atoms with van der Waals surface area (Å²) in [6.45, 7) is 4.09. The summed E-state index contributed by atoms with van der Waals surface area (Å²) in [6.07, 6.45) is 1.68. The molecule has 7 nitrogen and oxygen atoms in total. The van der Waals surface area contributed by atoms with Crippen LogP contribution < -0.4 is 5.76 Å². The molecule has 0 spiro atoms. The van der Waals surface area contributed by atoms with Crippen LogP contribution in [0, 0.1) is 19.7 Å². The molecule has 0 aliphatic carbocycles. The summed E-state index contributed by atoms with van der Waals surface area (Å²) >= 11 is 0. The summed E-state index contributed by atoms with van der Waals surface area (Å²) in [5, 5.41) is 11.3. The first-order valence-electron chi connectivity index (χ1n) is 9.84. The SMILES string of the molecule is Cc1nn(C)c(C)c1Cn1c(=O)oc2c(F)cc(-c3cccc(-c4ccn[nH]4)c3)cc21. The fourth-order valence-electron chi connectivity index (χ4n) is 3.92. The highest BCUT2D eigenvalue weighted by atomic mass is 19.1. The van der Waals surface area contributed by atoms with Gasteiger partial charge in [-0.05, 0) is 49.2 Å². The molecule has 0 saturated heterocycles. The van der Waals surface area contributed by atoms with Crippen LogP contribution in [0.2, 0.25) is 0 Å². The molecule has 1 N–H and O–H groups in total. The molecule has 0 unspecified atom stereocenters. The van der Waals surface area contributed by atoms with Crippen molar-refractivity contribution in [3.63, 3.8) is 0 Å². The number of benzene rings is 2. The smallest absolute Gasteiger partial charge is 0.405 e. The molecule has 31 heavy (non-hydrogen) atoms. The average Bonchev–Trinajstić information content (AvgIpc) is 3.45. The van der Waals surface area contributed by atoms with Crippen LogP contribution in [0.5, 0.6) is 0 Å². The maximum atomic E-state index is 14.9. The van der Waals surface area contributed by atoms with Gasteiger partial charge in [-0.3, -0.25) is 14.3 Å². The molecule has 3 heterocycles. The minimum absolute atomic E-state index is 0.0438. The predicted octanol–water partition coefficient (Wildman–Crippen LogP) is 4.19. The number of halogens is 1. The van der Waals surface area contributed by atoms with E-state index in [0.29, 0.717) is 11.1 Å². The number of rotatable bonds is 4. The van der Waals surface area contributed by atoms with E-state index < -0.39 is 11.6 Å². The van der Waals surface area contributed by atoms with Crippen molar-refractivity contribution >= 4 is 11.1 Å². The van der Waals surface area contributed by atoms with Gasteiger partial charge in [-0.15, -0.1) is 0 Å². The molecule has 5 aromatic rings. The molecule has 0 fully saturated rings. The molecule has 156 valence electrons. The molecule has 8 heteroatoms. The normalized spacial score (nSPS) is 11.5. The van der Waals surface area contributed by atoms with E-state index in [4.69, 9.17) is 4.42 Å². The highest BCUT2D eigenvalue weighted by molar-refractivity contribution is 5.82. The van der Waals surface area contributed by atoms with Gasteiger partial charge in [0.25, 0.3) is 0 Å². The standard InChI is InChI=1S/C23H20FN5O2/c1-13-18(14(2)28(3)27-13)12-29-21-11-17(10-19(24)22(21)31-23(29)30)15-5-4-6-16(9-15)20-7-8-25-26-20/h4-11H,12H2,1-3H3,(H,25,26). The molecule has 0 saturated carbocycles. The second kappa shape index (κ2) is 7.09. The minimum Gasteiger partial charge on any atom is -0.405 e. The van der Waals surface area contributed by atoms with Crippen molar-refractivity contribution in [1.29, 1.82) is 0 Å². The van der Waals surface area contributed by atoms with Crippen molar-refractivity contribution in [1.82, 2.24) is 24.5 Å². The number of fused-ring (bicyclic) bond motifs is 1. The van der Waals surface area contributed by atoms with Gasteiger partial charge in [0.05, 0.1) is 23.4 Å². The summed E-state index contributed by atoms with van der Waals surface area (Å²) in [6, 6.07) is 12.8. The van der Waals surface area contributed by atoms with Crippen molar-refractivity contribution in [2.75, 3.05) is 0 Å². The van der Waals surface area contributed by atoms with Crippen LogP contribution in [0.4, 0.5) is 4.39 Å². The first-order chi connectivity index (χ1) is 14.9. The van der Waals surface area contributed by atoms with Crippen molar-refractivity contribution in [3.05, 3.63) is 82.0 Å². The van der Waals surface area contributed by atoms with Gasteiger partial charge in [0, 0.05) is 30.1 Å². The lowest BCUT2D eigenvalue weighted by atomic mass is 10.0. The number of hydrogen-bond acceptors (Lipinski definition) is 4. The van der Waals surface area contributed by atoms with E-state index in [1.807, 2.05) is 51.2 Å². The Balaban J connectivity index is 1.65. The van der Waals surface area contributed by atoms with Crippen LogP contribution in [0.1, 0.15) is 17.0 Å². The second-order valence-corrected chi connectivity index (χ2v) is 7.58. The Bertz CT molecular complexity index is 1470. The zero-order chi connectivity index (χ0) is 21.7. The summed E-state index contributed by atoms with van der Waals surface area (Å²) < 4.78 is 23.4. The van der Waals surface area contributed by atoms with Crippen molar-refractivity contribution in [2.45, 2.75) is 20.4 Å². The number of aromatic nitrogens is 5. The largest absolute Gasteiger partial charge is 0.420 e. The van der Waals surface area contributed by atoms with Gasteiger partial charge in [-0.25, -0.2) is 9.18 Å². The molecule has 2 aromatic carbocycles. The third-order valence-electron chi connectivity index (χ3n) is 5.71. The van der Waals surface area contributed by atoms with Gasteiger partial charge in [0.15, 0.2) is 11.4 Å². The molecular formula is C23H20FN5O2. The zero-order valence-electron chi connectivity index (χ0n) is 17.3. The van der Waals surface area contributed by atoms with E-state index in [1.165, 1.54) is 10.6 Å². The van der Waals surface area contributed by atoms with Crippen molar-refractivity contribution in [2.24, 2.45) is 7.05 Å². The Hall–Kier alpha value is -3.94. The maximum Gasteiger partial charge on any atom is 0.420 e. The number of aryl methyl sites for hydroxylation is 2. The lowest BCUT2D eigenvalue weighted by Gasteiger charge is -2.07. The van der Waals surface area contributed by atoms with Crippen molar-refractivity contribution < 1.29 is 8.81 Å². The number of aromatic amines is 1. The highest BCUT2D eigenvalue weighted by Gasteiger charge is 2.19. The Morgan fingerprint density at radius 1 is 1.10 bits per heavy atom. The number of H-pyrrole nitrogens is 1. The van der Waals surface area contributed by atoms with Crippen LogP contribution in [-0.4, -0.2) is 24.5 Å². The molecule has 0 amide bonds. The quantitative estimate of drug-likeness (QED) is 0.475. The van der Waals surface area contributed by atoms with E-state index in [1.54, 1.807) is 16.9 Å². The molecule has 0 aliphatic heterocycles. The fourth-order valence-corrected chi connectivity index (χ4v) is 3.92. The molecule has 0 bridgehead atoms. The van der Waals surface area contributed by atoms with E-state index in [9.17, 15) is 9.18 Å². The monoisotopic (exact) mass is 417 g/mol. The topological polar surface area (TPSA) is 81.6 Å². The maximum absolute atomic E-state index is 14.9. The molecule has 3 aromatic heterocycles. The number of nitrogens with zero attached hydrogens (tertiary/aromatic N) is 4. The third-order valence-corrected chi connectivity index (χ3v) is 5.71. The van der Waals surface area contributed by atoms with Crippen LogP contribution in [0.3, 0.4) is 0 Å². The lowest BCUT2D eigenvalue weighted by molar-refractivity contribution is 0.498. The lowest BCUT2D eigenvalue weighted by Crippen LogP contribution is -2.15. The van der Waals surface area contributed by atoms with E-state index in [2.05, 4.69) is 15.3 Å². The van der Waals surface area contributed by atoms with E-state index in [-0.39, 0.29) is 12.1 Å². The Morgan fingerprint density at radius 2 is 1.90 bits per heavy atom. The van der Waals surface area contributed by atoms with Crippen molar-refractivity contribution in [3.8, 4) is 22.4 Å². The summed E-state index contributed by atoms with van der Waals surface area (Å²) in [5.41, 5.74) is 6.33. The molecule has 0 aliphatic rings.